The molecule has 0 aliphatic carbocycles. The van der Waals surface area contributed by atoms with Gasteiger partial charge in [-0.3, -0.25) is 9.59 Å². The molecular formula is C26H25FN2O4. The van der Waals surface area contributed by atoms with Crippen LogP contribution in [0, 0.1) is 12.7 Å². The molecule has 170 valence electrons. The minimum atomic E-state index is -1.54. The molecule has 0 saturated heterocycles. The van der Waals surface area contributed by atoms with E-state index in [2.05, 4.69) is 5.32 Å². The van der Waals surface area contributed by atoms with E-state index in [1.807, 2.05) is 19.1 Å². The number of rotatable bonds is 8. The second-order valence-electron chi connectivity index (χ2n) is 8.27. The Hall–Kier alpha value is -4.00. The number of aryl methyl sites for hydroxylation is 1. The molecule has 0 spiro atoms. The molecule has 0 atom stereocenters. The number of carboxylic acid groups (broad SMARTS) is 1. The summed E-state index contributed by atoms with van der Waals surface area (Å²) in [6.45, 7) is 4.99. The van der Waals surface area contributed by atoms with Gasteiger partial charge >= 0.3 is 5.97 Å². The molecule has 2 N–H and O–H groups in total. The summed E-state index contributed by atoms with van der Waals surface area (Å²) < 4.78 is 16.0. The number of halogens is 1. The van der Waals surface area contributed by atoms with Crippen LogP contribution >= 0.6 is 0 Å². The molecule has 7 heteroatoms. The summed E-state index contributed by atoms with van der Waals surface area (Å²) in [4.78, 5) is 36.4. The normalized spacial score (nSPS) is 11.5. The standard InChI is InChI=1S/C26H25FN2O4/c1-17-8-11-19(12-9-17)23(30)22-7-5-15-29(22)14-4-6-18-10-13-21(27)20(16-18)24(31)28-26(2,3)25(32)33/h4-13,15-16H,14H2,1-3H3,(H,28,31)(H,32,33)/b6-4+. The minimum absolute atomic E-state index is 0.0878. The lowest BCUT2D eigenvalue weighted by Crippen LogP contribution is -2.49. The maximum Gasteiger partial charge on any atom is 0.328 e. The van der Waals surface area contributed by atoms with E-state index in [-0.39, 0.29) is 11.3 Å². The van der Waals surface area contributed by atoms with Crippen molar-refractivity contribution in [3.8, 4) is 0 Å². The molecule has 0 saturated carbocycles. The number of carbonyl (C=O) groups excluding carboxylic acids is 2. The Balaban J connectivity index is 1.74. The SMILES string of the molecule is Cc1ccc(C(=O)c2cccn2C/C=C/c2ccc(F)c(C(=O)NC(C)(C)C(=O)O)c2)cc1. The first-order valence-electron chi connectivity index (χ1n) is 10.4. The van der Waals surface area contributed by atoms with Crippen LogP contribution in [0.5, 0.6) is 0 Å². The summed E-state index contributed by atoms with van der Waals surface area (Å²) in [5.41, 5.74) is 0.991. The van der Waals surface area contributed by atoms with Gasteiger partial charge in [-0.05, 0) is 50.6 Å². The zero-order valence-corrected chi connectivity index (χ0v) is 18.6. The van der Waals surface area contributed by atoms with Crippen molar-refractivity contribution in [2.24, 2.45) is 0 Å². The first kappa shape index (κ1) is 23.7. The zero-order valence-electron chi connectivity index (χ0n) is 18.6. The van der Waals surface area contributed by atoms with E-state index in [4.69, 9.17) is 5.11 Å². The Labute approximate surface area is 191 Å². The van der Waals surface area contributed by atoms with Gasteiger partial charge in [0.15, 0.2) is 0 Å². The van der Waals surface area contributed by atoms with Crippen LogP contribution in [0.15, 0.2) is 66.9 Å². The van der Waals surface area contributed by atoms with Crippen molar-refractivity contribution in [2.75, 3.05) is 0 Å². The van der Waals surface area contributed by atoms with Gasteiger partial charge < -0.3 is 15.0 Å². The van der Waals surface area contributed by atoms with Gasteiger partial charge in [-0.2, -0.15) is 0 Å². The predicted molar refractivity (Wildman–Crippen MR) is 124 cm³/mol. The summed E-state index contributed by atoms with van der Waals surface area (Å²) in [6.07, 6.45) is 5.30. The zero-order chi connectivity index (χ0) is 24.2. The third-order valence-corrected chi connectivity index (χ3v) is 5.18. The average molecular weight is 448 g/mol. The van der Waals surface area contributed by atoms with Gasteiger partial charge in [0.2, 0.25) is 5.78 Å². The van der Waals surface area contributed by atoms with E-state index < -0.39 is 23.2 Å². The molecule has 0 radical (unpaired) electrons. The van der Waals surface area contributed by atoms with Crippen LogP contribution in [0.4, 0.5) is 4.39 Å². The second-order valence-corrected chi connectivity index (χ2v) is 8.27. The number of ketones is 1. The fraction of sp³-hybridized carbons (Fsp3) is 0.192. The Bertz CT molecular complexity index is 1220. The molecule has 0 bridgehead atoms. The van der Waals surface area contributed by atoms with E-state index >= 15 is 0 Å². The smallest absolute Gasteiger partial charge is 0.328 e. The maximum atomic E-state index is 14.2. The van der Waals surface area contributed by atoms with Gasteiger partial charge in [0.25, 0.3) is 5.91 Å². The Morgan fingerprint density at radius 2 is 1.79 bits per heavy atom. The summed E-state index contributed by atoms with van der Waals surface area (Å²) in [5.74, 6) is -2.88. The average Bonchev–Trinajstić information content (AvgIpc) is 3.23. The highest BCUT2D eigenvalue weighted by molar-refractivity contribution is 6.08. The lowest BCUT2D eigenvalue weighted by atomic mass is 10.0. The van der Waals surface area contributed by atoms with Crippen molar-refractivity contribution < 1.29 is 23.9 Å². The van der Waals surface area contributed by atoms with Gasteiger partial charge in [0.1, 0.15) is 11.4 Å². The third-order valence-electron chi connectivity index (χ3n) is 5.18. The van der Waals surface area contributed by atoms with Crippen LogP contribution in [0.3, 0.4) is 0 Å². The van der Waals surface area contributed by atoms with E-state index in [1.165, 1.54) is 26.0 Å². The van der Waals surface area contributed by atoms with Crippen molar-refractivity contribution in [2.45, 2.75) is 32.9 Å². The quantitative estimate of drug-likeness (QED) is 0.498. The van der Waals surface area contributed by atoms with Gasteiger partial charge in [-0.25, -0.2) is 9.18 Å². The Morgan fingerprint density at radius 1 is 1.09 bits per heavy atom. The summed E-state index contributed by atoms with van der Waals surface area (Å²) in [5, 5.41) is 11.5. The fourth-order valence-electron chi connectivity index (χ4n) is 3.16. The third kappa shape index (κ3) is 5.63. The molecule has 1 heterocycles. The Morgan fingerprint density at radius 3 is 2.45 bits per heavy atom. The van der Waals surface area contributed by atoms with Crippen molar-refractivity contribution in [1.29, 1.82) is 0 Å². The van der Waals surface area contributed by atoms with Gasteiger partial charge in [0, 0.05) is 18.3 Å². The number of benzene rings is 2. The molecule has 3 rings (SSSR count). The van der Waals surface area contributed by atoms with E-state index in [0.29, 0.717) is 23.4 Å². The van der Waals surface area contributed by atoms with Crippen LogP contribution in [-0.4, -0.2) is 32.9 Å². The maximum absolute atomic E-state index is 14.2. The lowest BCUT2D eigenvalue weighted by molar-refractivity contribution is -0.143. The number of aromatic nitrogens is 1. The first-order valence-corrected chi connectivity index (χ1v) is 10.4. The molecule has 3 aromatic rings. The molecule has 6 nitrogen and oxygen atoms in total. The van der Waals surface area contributed by atoms with Crippen LogP contribution in [0.2, 0.25) is 0 Å². The number of nitrogens with zero attached hydrogens (tertiary/aromatic N) is 1. The molecule has 1 amide bonds. The predicted octanol–water partition coefficient (Wildman–Crippen LogP) is 4.47. The summed E-state index contributed by atoms with van der Waals surface area (Å²) in [6, 6.07) is 14.9. The molecule has 0 aliphatic rings. The summed E-state index contributed by atoms with van der Waals surface area (Å²) in [7, 11) is 0. The highest BCUT2D eigenvalue weighted by Gasteiger charge is 2.30. The van der Waals surface area contributed by atoms with Gasteiger partial charge in [0.05, 0.1) is 11.3 Å². The van der Waals surface area contributed by atoms with Gasteiger partial charge in [-0.15, -0.1) is 0 Å². The van der Waals surface area contributed by atoms with Crippen LogP contribution in [0.1, 0.15) is 51.4 Å². The number of nitrogens with one attached hydrogen (secondary N) is 1. The number of amides is 1. The highest BCUT2D eigenvalue weighted by Crippen LogP contribution is 2.16. The van der Waals surface area contributed by atoms with Crippen LogP contribution in [0.25, 0.3) is 6.08 Å². The Kier molecular flexibility index (Phi) is 6.92. The lowest BCUT2D eigenvalue weighted by Gasteiger charge is -2.21. The molecular weight excluding hydrogens is 423 g/mol. The number of hydrogen-bond donors (Lipinski definition) is 2. The van der Waals surface area contributed by atoms with Crippen molar-refractivity contribution in [3.63, 3.8) is 0 Å². The summed E-state index contributed by atoms with van der Waals surface area (Å²) >= 11 is 0. The van der Waals surface area contributed by atoms with Crippen LogP contribution in [-0.2, 0) is 11.3 Å². The van der Waals surface area contributed by atoms with Crippen molar-refractivity contribution >= 4 is 23.7 Å². The van der Waals surface area contributed by atoms with E-state index in [9.17, 15) is 18.8 Å². The monoisotopic (exact) mass is 448 g/mol. The van der Waals surface area contributed by atoms with E-state index in [0.717, 1.165) is 11.6 Å². The van der Waals surface area contributed by atoms with E-state index in [1.54, 1.807) is 47.2 Å². The van der Waals surface area contributed by atoms with Gasteiger partial charge in [-0.1, -0.05) is 48.0 Å². The second kappa shape index (κ2) is 9.65. The number of aliphatic carboxylic acids is 1. The minimum Gasteiger partial charge on any atom is -0.480 e. The largest absolute Gasteiger partial charge is 0.480 e. The molecule has 0 unspecified atom stereocenters. The highest BCUT2D eigenvalue weighted by atomic mass is 19.1. The topological polar surface area (TPSA) is 88.4 Å². The molecule has 0 aliphatic heterocycles. The molecule has 2 aromatic carbocycles. The molecule has 1 aromatic heterocycles. The van der Waals surface area contributed by atoms with Crippen molar-refractivity contribution in [1.82, 2.24) is 9.88 Å². The number of carboxylic acids is 1. The first-order chi connectivity index (χ1) is 15.6. The number of allylic oxidation sites excluding steroid dienone is 1. The fourth-order valence-corrected chi connectivity index (χ4v) is 3.16. The number of carbonyl (C=O) groups is 3. The van der Waals surface area contributed by atoms with Crippen molar-refractivity contribution in [3.05, 3.63) is 101 Å². The number of hydrogen-bond acceptors (Lipinski definition) is 3. The molecule has 33 heavy (non-hydrogen) atoms. The van der Waals surface area contributed by atoms with Crippen LogP contribution < -0.4 is 5.32 Å². The molecule has 0 fully saturated rings.